The summed E-state index contributed by atoms with van der Waals surface area (Å²) >= 11 is 0. The quantitative estimate of drug-likeness (QED) is 0.774. The second kappa shape index (κ2) is 5.60. The van der Waals surface area contributed by atoms with Crippen LogP contribution in [0.15, 0.2) is 24.3 Å². The van der Waals surface area contributed by atoms with Gasteiger partial charge in [-0.3, -0.25) is 0 Å². The van der Waals surface area contributed by atoms with Crippen LogP contribution < -0.4 is 15.5 Å². The number of hydrogen-bond acceptors (Lipinski definition) is 3. The number of nitrogens with one attached hydrogen (secondary N) is 2. The van der Waals surface area contributed by atoms with Gasteiger partial charge in [0.25, 0.3) is 0 Å². The van der Waals surface area contributed by atoms with Crippen LogP contribution in [0.5, 0.6) is 0 Å². The molecule has 104 valence electrons. The van der Waals surface area contributed by atoms with Crippen LogP contribution in [0.3, 0.4) is 0 Å². The van der Waals surface area contributed by atoms with Crippen molar-refractivity contribution in [3.8, 4) is 0 Å². The monoisotopic (exact) mass is 265 g/mol. The second-order valence-electron chi connectivity index (χ2n) is 4.95. The van der Waals surface area contributed by atoms with Crippen LogP contribution in [0.25, 0.3) is 0 Å². The third-order valence-electron chi connectivity index (χ3n) is 2.60. The lowest BCUT2D eigenvalue weighted by atomic mass is 10.1. The number of carboxylic acids is 1. The molecule has 6 nitrogen and oxygen atoms in total. The summed E-state index contributed by atoms with van der Waals surface area (Å²) in [4.78, 5) is 24.5. The Kier molecular flexibility index (Phi) is 4.37. The summed E-state index contributed by atoms with van der Waals surface area (Å²) in [5.74, 6) is -1.09. The molecule has 0 radical (unpaired) electrons. The van der Waals surface area contributed by atoms with Crippen molar-refractivity contribution >= 4 is 23.4 Å². The first-order chi connectivity index (χ1) is 8.72. The van der Waals surface area contributed by atoms with Gasteiger partial charge in [0.05, 0.1) is 0 Å². The molecule has 0 fully saturated rings. The van der Waals surface area contributed by atoms with E-state index in [1.54, 1.807) is 12.1 Å². The van der Waals surface area contributed by atoms with Crippen molar-refractivity contribution in [3.05, 3.63) is 24.3 Å². The largest absolute Gasteiger partial charge is 0.480 e. The number of benzene rings is 1. The summed E-state index contributed by atoms with van der Waals surface area (Å²) < 4.78 is 0. The smallest absolute Gasteiger partial charge is 0.328 e. The van der Waals surface area contributed by atoms with Gasteiger partial charge in [0.2, 0.25) is 0 Å². The summed E-state index contributed by atoms with van der Waals surface area (Å²) in [5, 5.41) is 13.9. The number of rotatable bonds is 4. The summed E-state index contributed by atoms with van der Waals surface area (Å²) in [5.41, 5.74) is 0.300. The molecule has 1 rings (SSSR count). The lowest BCUT2D eigenvalue weighted by Gasteiger charge is -2.21. The van der Waals surface area contributed by atoms with E-state index in [0.29, 0.717) is 5.69 Å². The summed E-state index contributed by atoms with van der Waals surface area (Å²) in [6, 6.07) is 6.67. The number of nitrogens with zero attached hydrogens (tertiary/aromatic N) is 1. The van der Waals surface area contributed by atoms with E-state index in [0.717, 1.165) is 5.69 Å². The number of urea groups is 1. The average Bonchev–Trinajstić information content (AvgIpc) is 2.28. The average molecular weight is 265 g/mol. The van der Waals surface area contributed by atoms with Crippen LogP contribution in [0.1, 0.15) is 13.8 Å². The third-order valence-corrected chi connectivity index (χ3v) is 2.60. The van der Waals surface area contributed by atoms with Gasteiger partial charge < -0.3 is 20.6 Å². The van der Waals surface area contributed by atoms with Gasteiger partial charge in [-0.2, -0.15) is 0 Å². The number of amides is 2. The fourth-order valence-corrected chi connectivity index (χ4v) is 1.34. The molecule has 19 heavy (non-hydrogen) atoms. The number of anilines is 2. The molecule has 3 N–H and O–H groups in total. The van der Waals surface area contributed by atoms with E-state index in [9.17, 15) is 9.59 Å². The Balaban J connectivity index is 2.65. The third kappa shape index (κ3) is 4.17. The molecule has 0 aromatic heterocycles. The van der Waals surface area contributed by atoms with Crippen molar-refractivity contribution < 1.29 is 14.7 Å². The van der Waals surface area contributed by atoms with E-state index in [4.69, 9.17) is 5.11 Å². The molecule has 1 aromatic carbocycles. The maximum atomic E-state index is 11.7. The first kappa shape index (κ1) is 14.8. The Labute approximate surface area is 112 Å². The standard InChI is InChI=1S/C13H19N3O3/c1-13(2,11(17)18)15-12(19)14-9-5-7-10(8-6-9)16(3)4/h5-8H,1-4H3,(H,17,18)(H2,14,15,19). The molecule has 1 aromatic rings. The fourth-order valence-electron chi connectivity index (χ4n) is 1.34. The highest BCUT2D eigenvalue weighted by molar-refractivity contribution is 5.93. The van der Waals surface area contributed by atoms with Crippen molar-refractivity contribution in [3.63, 3.8) is 0 Å². The van der Waals surface area contributed by atoms with Crippen molar-refractivity contribution in [2.24, 2.45) is 0 Å². The summed E-state index contributed by atoms with van der Waals surface area (Å²) in [6.45, 7) is 2.84. The number of carbonyl (C=O) groups is 2. The number of hydrogen-bond donors (Lipinski definition) is 3. The molecule has 6 heteroatoms. The molecule has 0 saturated heterocycles. The summed E-state index contributed by atoms with van der Waals surface area (Å²) in [6.07, 6.45) is 0. The minimum absolute atomic E-state index is 0.551. The van der Waals surface area contributed by atoms with Crippen LogP contribution in [-0.2, 0) is 4.79 Å². The van der Waals surface area contributed by atoms with E-state index in [-0.39, 0.29) is 0 Å². The van der Waals surface area contributed by atoms with Gasteiger partial charge in [0, 0.05) is 25.5 Å². The molecule has 0 aliphatic heterocycles. The molecule has 0 heterocycles. The van der Waals surface area contributed by atoms with Gasteiger partial charge in [-0.05, 0) is 38.1 Å². The Hall–Kier alpha value is -2.24. The zero-order valence-corrected chi connectivity index (χ0v) is 11.5. The first-order valence-corrected chi connectivity index (χ1v) is 5.82. The van der Waals surface area contributed by atoms with Gasteiger partial charge in [-0.25, -0.2) is 9.59 Å². The molecule has 0 aliphatic rings. The second-order valence-corrected chi connectivity index (χ2v) is 4.95. The normalized spacial score (nSPS) is 10.7. The van der Waals surface area contributed by atoms with E-state index in [1.165, 1.54) is 13.8 Å². The van der Waals surface area contributed by atoms with Crippen LogP contribution in [0.2, 0.25) is 0 Å². The SMILES string of the molecule is CN(C)c1ccc(NC(=O)NC(C)(C)C(=O)O)cc1. The molecule has 0 spiro atoms. The Morgan fingerprint density at radius 1 is 1.16 bits per heavy atom. The zero-order valence-electron chi connectivity index (χ0n) is 11.5. The lowest BCUT2D eigenvalue weighted by Crippen LogP contribution is -2.51. The predicted octanol–water partition coefficient (Wildman–Crippen LogP) is 1.74. The molecular weight excluding hydrogens is 246 g/mol. The van der Waals surface area contributed by atoms with Crippen LogP contribution >= 0.6 is 0 Å². The van der Waals surface area contributed by atoms with Crippen molar-refractivity contribution in [1.29, 1.82) is 0 Å². The fraction of sp³-hybridized carbons (Fsp3) is 0.385. The number of carbonyl (C=O) groups excluding carboxylic acids is 1. The van der Waals surface area contributed by atoms with Gasteiger partial charge >= 0.3 is 12.0 Å². The Morgan fingerprint density at radius 2 is 1.68 bits per heavy atom. The first-order valence-electron chi connectivity index (χ1n) is 5.82. The number of aliphatic carboxylic acids is 1. The molecule has 0 bridgehead atoms. The maximum absolute atomic E-state index is 11.7. The lowest BCUT2D eigenvalue weighted by molar-refractivity contribution is -0.142. The topological polar surface area (TPSA) is 81.7 Å². The van der Waals surface area contributed by atoms with Gasteiger partial charge in [-0.15, -0.1) is 0 Å². The zero-order chi connectivity index (χ0) is 14.6. The molecular formula is C13H19N3O3. The molecule has 0 aliphatic carbocycles. The highest BCUT2D eigenvalue weighted by Crippen LogP contribution is 2.15. The van der Waals surface area contributed by atoms with E-state index in [2.05, 4.69) is 10.6 Å². The highest BCUT2D eigenvalue weighted by Gasteiger charge is 2.28. The highest BCUT2D eigenvalue weighted by atomic mass is 16.4. The van der Waals surface area contributed by atoms with Crippen LogP contribution in [-0.4, -0.2) is 36.7 Å². The molecule has 0 unspecified atom stereocenters. The minimum atomic E-state index is -1.31. The summed E-state index contributed by atoms with van der Waals surface area (Å²) in [7, 11) is 3.84. The van der Waals surface area contributed by atoms with Crippen molar-refractivity contribution in [1.82, 2.24) is 5.32 Å². The minimum Gasteiger partial charge on any atom is -0.480 e. The van der Waals surface area contributed by atoms with E-state index < -0.39 is 17.5 Å². The van der Waals surface area contributed by atoms with Crippen LogP contribution in [0, 0.1) is 0 Å². The predicted molar refractivity (Wildman–Crippen MR) is 74.6 cm³/mol. The van der Waals surface area contributed by atoms with Gasteiger partial charge in [-0.1, -0.05) is 0 Å². The number of carboxylic acid groups (broad SMARTS) is 1. The van der Waals surface area contributed by atoms with Crippen LogP contribution in [0.4, 0.5) is 16.2 Å². The molecule has 2 amide bonds. The molecule has 0 atom stereocenters. The van der Waals surface area contributed by atoms with Gasteiger partial charge in [0.1, 0.15) is 5.54 Å². The van der Waals surface area contributed by atoms with E-state index >= 15 is 0 Å². The Bertz CT molecular complexity index is 467. The van der Waals surface area contributed by atoms with Crippen molar-refractivity contribution in [2.45, 2.75) is 19.4 Å². The Morgan fingerprint density at radius 3 is 2.11 bits per heavy atom. The van der Waals surface area contributed by atoms with Gasteiger partial charge in [0.15, 0.2) is 0 Å². The van der Waals surface area contributed by atoms with Crippen molar-refractivity contribution in [2.75, 3.05) is 24.3 Å². The maximum Gasteiger partial charge on any atom is 0.328 e. The van der Waals surface area contributed by atoms with E-state index in [1.807, 2.05) is 31.1 Å². The molecule has 0 saturated carbocycles.